The Morgan fingerprint density at radius 1 is 0.846 bits per heavy atom. The average molecular weight is 183 g/mol. The molecule has 2 heteroatoms. The Balaban J connectivity index is 2.30. The molecule has 0 amide bonds. The van der Waals surface area contributed by atoms with Crippen LogP contribution in [0.25, 0.3) is 0 Å². The molecule has 0 atom stereocenters. The minimum absolute atomic E-state index is 0.193. The lowest BCUT2D eigenvalue weighted by Gasteiger charge is -2.17. The van der Waals surface area contributed by atoms with Crippen LogP contribution in [0.5, 0.6) is 0 Å². The maximum absolute atomic E-state index is 11.1. The molecule has 0 unspecified atom stereocenters. The van der Waals surface area contributed by atoms with Crippen molar-refractivity contribution in [1.29, 1.82) is 0 Å². The van der Waals surface area contributed by atoms with Crippen molar-refractivity contribution in [2.75, 3.05) is 0 Å². The first-order valence-corrected chi connectivity index (χ1v) is 5.57. The van der Waals surface area contributed by atoms with E-state index in [2.05, 4.69) is 6.72 Å². The van der Waals surface area contributed by atoms with Gasteiger partial charge in [-0.1, -0.05) is 32.1 Å². The van der Waals surface area contributed by atoms with Gasteiger partial charge in [-0.3, -0.25) is 0 Å². The Morgan fingerprint density at radius 2 is 1.23 bits per heavy atom. The van der Waals surface area contributed by atoms with E-state index in [0.29, 0.717) is 0 Å². The smallest absolute Gasteiger partial charge is 0.162 e. The highest BCUT2D eigenvalue weighted by Crippen LogP contribution is 2.18. The molecule has 0 aromatic carbocycles. The van der Waals surface area contributed by atoms with Crippen molar-refractivity contribution in [2.45, 2.75) is 63.8 Å². The first kappa shape index (κ1) is 10.6. The zero-order valence-corrected chi connectivity index (χ0v) is 8.50. The van der Waals surface area contributed by atoms with Crippen LogP contribution in [0.15, 0.2) is 0 Å². The molecule has 0 aromatic rings. The maximum atomic E-state index is 11.1. The van der Waals surface area contributed by atoms with Gasteiger partial charge in [-0.05, 0) is 12.8 Å². The molecule has 1 saturated carbocycles. The van der Waals surface area contributed by atoms with Crippen LogP contribution in [-0.4, -0.2) is 17.5 Å². The molecule has 1 rings (SSSR count). The standard InChI is InChI=1S/C11H21NO/c1-12(13)11-9-7-5-3-2-4-6-8-10-11/h11H,1-10H2. The lowest BCUT2D eigenvalue weighted by atomic mass is 9.98. The van der Waals surface area contributed by atoms with Gasteiger partial charge in [0.05, 0.1) is 0 Å². The normalized spacial score (nSPS) is 22.5. The van der Waals surface area contributed by atoms with Crippen molar-refractivity contribution in [2.24, 2.45) is 0 Å². The summed E-state index contributed by atoms with van der Waals surface area (Å²) in [5, 5.41) is 11.1. The third-order valence-corrected chi connectivity index (χ3v) is 2.98. The van der Waals surface area contributed by atoms with Crippen molar-refractivity contribution >= 4 is 6.72 Å². The van der Waals surface area contributed by atoms with Gasteiger partial charge in [0, 0.05) is 12.8 Å². The van der Waals surface area contributed by atoms with E-state index in [4.69, 9.17) is 0 Å². The summed E-state index contributed by atoms with van der Waals surface area (Å²) in [7, 11) is 0. The summed E-state index contributed by atoms with van der Waals surface area (Å²) < 4.78 is 0.918. The van der Waals surface area contributed by atoms with Gasteiger partial charge in [-0.25, -0.2) is 4.74 Å². The quantitative estimate of drug-likeness (QED) is 0.265. The van der Waals surface area contributed by atoms with Gasteiger partial charge in [-0.2, -0.15) is 0 Å². The predicted octanol–water partition coefficient (Wildman–Crippen LogP) is 3.09. The molecule has 0 bridgehead atoms. The second kappa shape index (κ2) is 6.01. The topological polar surface area (TPSA) is 26.1 Å². The molecule has 1 aliphatic carbocycles. The first-order valence-electron chi connectivity index (χ1n) is 5.57. The summed E-state index contributed by atoms with van der Waals surface area (Å²) in [6, 6.07) is 0.193. The van der Waals surface area contributed by atoms with Gasteiger partial charge in [0.25, 0.3) is 0 Å². The van der Waals surface area contributed by atoms with E-state index < -0.39 is 0 Å². The minimum atomic E-state index is 0.193. The molecule has 1 fully saturated rings. The highest BCUT2D eigenvalue weighted by molar-refractivity contribution is 5.15. The van der Waals surface area contributed by atoms with E-state index in [1.165, 1.54) is 44.9 Å². The van der Waals surface area contributed by atoms with Crippen LogP contribution in [-0.2, 0) is 0 Å². The Morgan fingerprint density at radius 3 is 1.62 bits per heavy atom. The highest BCUT2D eigenvalue weighted by Gasteiger charge is 2.14. The largest absolute Gasteiger partial charge is 0.624 e. The van der Waals surface area contributed by atoms with Crippen molar-refractivity contribution in [3.05, 3.63) is 5.21 Å². The highest BCUT2D eigenvalue weighted by atomic mass is 16.5. The summed E-state index contributed by atoms with van der Waals surface area (Å²) in [4.78, 5) is 0. The fraction of sp³-hybridized carbons (Fsp3) is 0.909. The first-order chi connectivity index (χ1) is 6.30. The number of nitrogens with zero attached hydrogens (tertiary/aromatic N) is 1. The SMILES string of the molecule is C=[N+]([O-])C1CCCCCCCCC1. The van der Waals surface area contributed by atoms with E-state index in [-0.39, 0.29) is 6.04 Å². The van der Waals surface area contributed by atoms with Crippen LogP contribution in [0.1, 0.15) is 57.8 Å². The predicted molar refractivity (Wildman–Crippen MR) is 56.1 cm³/mol. The Labute approximate surface area is 81.2 Å². The van der Waals surface area contributed by atoms with E-state index in [1.807, 2.05) is 0 Å². The molecule has 76 valence electrons. The Bertz CT molecular complexity index is 146. The molecule has 0 aromatic heterocycles. The molecule has 1 aliphatic rings. The lowest BCUT2D eigenvalue weighted by molar-refractivity contribution is -0.495. The van der Waals surface area contributed by atoms with Crippen LogP contribution >= 0.6 is 0 Å². The summed E-state index contributed by atoms with van der Waals surface area (Å²) >= 11 is 0. The molecule has 0 spiro atoms. The van der Waals surface area contributed by atoms with Gasteiger partial charge >= 0.3 is 0 Å². The monoisotopic (exact) mass is 183 g/mol. The molecule has 0 N–H and O–H groups in total. The fourth-order valence-electron chi connectivity index (χ4n) is 2.08. The zero-order chi connectivity index (χ0) is 9.52. The van der Waals surface area contributed by atoms with Crippen LogP contribution < -0.4 is 0 Å². The van der Waals surface area contributed by atoms with Gasteiger partial charge in [-0.15, -0.1) is 0 Å². The van der Waals surface area contributed by atoms with E-state index >= 15 is 0 Å². The number of hydrogen-bond acceptors (Lipinski definition) is 1. The summed E-state index contributed by atoms with van der Waals surface area (Å²) in [5.41, 5.74) is 0. The fourth-order valence-corrected chi connectivity index (χ4v) is 2.08. The molecule has 0 saturated heterocycles. The van der Waals surface area contributed by atoms with Crippen LogP contribution in [0, 0.1) is 5.21 Å². The molecule has 0 radical (unpaired) electrons. The summed E-state index contributed by atoms with van der Waals surface area (Å²) in [6.07, 6.45) is 11.2. The molecule has 0 aliphatic heterocycles. The molecule has 2 nitrogen and oxygen atoms in total. The van der Waals surface area contributed by atoms with Gasteiger partial charge < -0.3 is 5.21 Å². The molecular formula is C11H21NO. The van der Waals surface area contributed by atoms with Gasteiger partial charge in [0.15, 0.2) is 6.04 Å². The van der Waals surface area contributed by atoms with Gasteiger partial charge in [0.1, 0.15) is 6.72 Å². The third-order valence-electron chi connectivity index (χ3n) is 2.98. The summed E-state index contributed by atoms with van der Waals surface area (Å²) in [6.45, 7) is 3.47. The zero-order valence-electron chi connectivity index (χ0n) is 8.50. The van der Waals surface area contributed by atoms with Crippen molar-refractivity contribution in [1.82, 2.24) is 0 Å². The Hall–Kier alpha value is -0.530. The van der Waals surface area contributed by atoms with E-state index in [0.717, 1.165) is 17.6 Å². The molecule has 13 heavy (non-hydrogen) atoms. The van der Waals surface area contributed by atoms with Crippen molar-refractivity contribution in [3.8, 4) is 0 Å². The van der Waals surface area contributed by atoms with Crippen LogP contribution in [0.3, 0.4) is 0 Å². The molecule has 0 heterocycles. The maximum Gasteiger partial charge on any atom is 0.162 e. The van der Waals surface area contributed by atoms with Gasteiger partial charge in [0.2, 0.25) is 0 Å². The Kier molecular flexibility index (Phi) is 4.87. The van der Waals surface area contributed by atoms with Crippen LogP contribution in [0.2, 0.25) is 0 Å². The number of hydroxylamine groups is 1. The summed E-state index contributed by atoms with van der Waals surface area (Å²) in [5.74, 6) is 0. The van der Waals surface area contributed by atoms with E-state index in [1.54, 1.807) is 0 Å². The second-order valence-electron chi connectivity index (χ2n) is 4.12. The lowest BCUT2D eigenvalue weighted by Crippen LogP contribution is -2.20. The van der Waals surface area contributed by atoms with E-state index in [9.17, 15) is 5.21 Å². The van der Waals surface area contributed by atoms with Crippen molar-refractivity contribution < 1.29 is 4.74 Å². The number of rotatable bonds is 1. The van der Waals surface area contributed by atoms with Crippen LogP contribution in [0.4, 0.5) is 0 Å². The third kappa shape index (κ3) is 4.30. The average Bonchev–Trinajstić information content (AvgIpc) is 2.14. The van der Waals surface area contributed by atoms with Crippen molar-refractivity contribution in [3.63, 3.8) is 0 Å². The number of hydrogen-bond donors (Lipinski definition) is 0. The molecular weight excluding hydrogens is 162 g/mol. The second-order valence-corrected chi connectivity index (χ2v) is 4.12. The minimum Gasteiger partial charge on any atom is -0.624 e.